The number of amides is 1. The topological polar surface area (TPSA) is 23.6 Å². The first-order chi connectivity index (χ1) is 14.5. The number of carbonyl (C=O) groups is 1. The number of aryl methyl sites for hydroxylation is 2. The van der Waals surface area contributed by atoms with Gasteiger partial charge in [0.15, 0.2) is 0 Å². The molecule has 30 heavy (non-hydrogen) atoms. The smallest absolute Gasteiger partial charge is 0.225 e. The van der Waals surface area contributed by atoms with E-state index in [-0.39, 0.29) is 5.92 Å². The highest BCUT2D eigenvalue weighted by Crippen LogP contribution is 2.37. The average molecular weight is 425 g/mol. The van der Waals surface area contributed by atoms with Crippen molar-refractivity contribution in [3.05, 3.63) is 53.6 Å². The Morgan fingerprint density at radius 2 is 1.73 bits per heavy atom. The van der Waals surface area contributed by atoms with Crippen LogP contribution >= 0.6 is 11.8 Å². The van der Waals surface area contributed by atoms with Gasteiger partial charge in [-0.3, -0.25) is 4.79 Å². The third-order valence-corrected chi connectivity index (χ3v) is 7.25. The lowest BCUT2D eigenvalue weighted by Gasteiger charge is -2.38. The maximum Gasteiger partial charge on any atom is 0.225 e. The van der Waals surface area contributed by atoms with Gasteiger partial charge in [0.05, 0.1) is 5.69 Å². The Morgan fingerprint density at radius 3 is 2.43 bits per heavy atom. The fourth-order valence-corrected chi connectivity index (χ4v) is 5.18. The molecule has 3 rings (SSSR count). The van der Waals surface area contributed by atoms with E-state index >= 15 is 0 Å². The Bertz CT molecular complexity index is 843. The third-order valence-electron chi connectivity index (χ3n) is 6.01. The number of benzene rings is 2. The van der Waals surface area contributed by atoms with Crippen LogP contribution in [0.1, 0.15) is 50.7 Å². The number of para-hydroxylation sites is 1. The van der Waals surface area contributed by atoms with Gasteiger partial charge in [0.2, 0.25) is 5.91 Å². The van der Waals surface area contributed by atoms with Crippen molar-refractivity contribution >= 4 is 23.4 Å². The second-order valence-corrected chi connectivity index (χ2v) is 9.63. The van der Waals surface area contributed by atoms with Crippen LogP contribution in [0.15, 0.2) is 52.3 Å². The lowest BCUT2D eigenvalue weighted by Crippen LogP contribution is -2.50. The van der Waals surface area contributed by atoms with E-state index in [2.05, 4.69) is 80.0 Å². The minimum absolute atomic E-state index is 0.149. The second kappa shape index (κ2) is 10.9. The van der Waals surface area contributed by atoms with Gasteiger partial charge in [-0.1, -0.05) is 74.7 Å². The predicted octanol–water partition coefficient (Wildman–Crippen LogP) is 6.32. The molecule has 0 radical (unpaired) electrons. The van der Waals surface area contributed by atoms with Crippen molar-refractivity contribution in [2.75, 3.05) is 31.1 Å². The highest BCUT2D eigenvalue weighted by molar-refractivity contribution is 7.99. The highest BCUT2D eigenvalue weighted by Gasteiger charge is 2.25. The quantitative estimate of drug-likeness (QED) is 0.463. The molecule has 3 nitrogen and oxygen atoms in total. The minimum atomic E-state index is 0.149. The van der Waals surface area contributed by atoms with E-state index in [9.17, 15) is 4.79 Å². The molecule has 1 saturated heterocycles. The molecule has 1 atom stereocenters. The zero-order valence-corrected chi connectivity index (χ0v) is 19.8. The lowest BCUT2D eigenvalue weighted by molar-refractivity contribution is -0.135. The molecule has 0 saturated carbocycles. The molecule has 1 aliphatic rings. The third kappa shape index (κ3) is 5.81. The van der Waals surface area contributed by atoms with E-state index in [1.807, 2.05) is 11.8 Å². The molecule has 0 unspecified atom stereocenters. The van der Waals surface area contributed by atoms with Crippen LogP contribution < -0.4 is 4.90 Å². The van der Waals surface area contributed by atoms with Gasteiger partial charge in [-0.2, -0.15) is 0 Å². The van der Waals surface area contributed by atoms with Crippen molar-refractivity contribution in [2.24, 2.45) is 5.92 Å². The molecule has 1 amide bonds. The standard InChI is InChI=1S/C26H36N2OS/c1-5-6-7-10-21(3)26(29)28-17-15-27(16-18-28)23-11-8-9-12-25(23)30-24-14-13-20(2)19-22(24)4/h8-9,11-14,19,21H,5-7,10,15-18H2,1-4H3/t21-/m0/s1. The number of carbonyl (C=O) groups excluding carboxylic acids is 1. The second-order valence-electron chi connectivity index (χ2n) is 8.55. The van der Waals surface area contributed by atoms with Gasteiger partial charge in [-0.05, 0) is 44.0 Å². The molecule has 0 N–H and O–H groups in total. The lowest BCUT2D eigenvalue weighted by atomic mass is 10.0. The Balaban J connectivity index is 1.63. The summed E-state index contributed by atoms with van der Waals surface area (Å²) in [5.41, 5.74) is 3.91. The van der Waals surface area contributed by atoms with Crippen LogP contribution in [0.25, 0.3) is 0 Å². The fourth-order valence-electron chi connectivity index (χ4n) is 4.14. The predicted molar refractivity (Wildman–Crippen MR) is 129 cm³/mol. The summed E-state index contributed by atoms with van der Waals surface area (Å²) < 4.78 is 0. The van der Waals surface area contributed by atoms with Crippen molar-refractivity contribution in [1.82, 2.24) is 4.90 Å². The molecule has 0 aromatic heterocycles. The van der Waals surface area contributed by atoms with Gasteiger partial charge < -0.3 is 9.80 Å². The van der Waals surface area contributed by atoms with Gasteiger partial charge in [-0.25, -0.2) is 0 Å². The Morgan fingerprint density at radius 1 is 1.00 bits per heavy atom. The molecule has 1 heterocycles. The molecule has 1 aliphatic heterocycles. The Hall–Kier alpha value is -1.94. The SMILES string of the molecule is CCCCC[C@H](C)C(=O)N1CCN(c2ccccc2Sc2ccc(C)cc2C)CC1. The van der Waals surface area contributed by atoms with E-state index in [4.69, 9.17) is 0 Å². The molecule has 2 aromatic rings. The van der Waals surface area contributed by atoms with Crippen LogP contribution in [0.3, 0.4) is 0 Å². The number of anilines is 1. The first kappa shape index (κ1) is 22.7. The van der Waals surface area contributed by atoms with Gasteiger partial charge >= 0.3 is 0 Å². The summed E-state index contributed by atoms with van der Waals surface area (Å²) in [4.78, 5) is 19.9. The largest absolute Gasteiger partial charge is 0.367 e. The molecule has 2 aromatic carbocycles. The number of unbranched alkanes of at least 4 members (excludes halogenated alkanes) is 2. The summed E-state index contributed by atoms with van der Waals surface area (Å²) in [6, 6.07) is 15.3. The summed E-state index contributed by atoms with van der Waals surface area (Å²) in [5, 5.41) is 0. The minimum Gasteiger partial charge on any atom is -0.367 e. The number of rotatable bonds is 8. The number of hydrogen-bond acceptors (Lipinski definition) is 3. The maximum absolute atomic E-state index is 12.8. The molecule has 1 fully saturated rings. The Labute approximate surface area is 186 Å². The van der Waals surface area contributed by atoms with Crippen LogP contribution in [0.5, 0.6) is 0 Å². The number of piperazine rings is 1. The normalized spacial score (nSPS) is 15.3. The summed E-state index contributed by atoms with van der Waals surface area (Å²) in [5.74, 6) is 0.485. The zero-order valence-electron chi connectivity index (χ0n) is 19.0. The molecular weight excluding hydrogens is 388 g/mol. The first-order valence-electron chi connectivity index (χ1n) is 11.4. The summed E-state index contributed by atoms with van der Waals surface area (Å²) in [6.45, 7) is 12.1. The van der Waals surface area contributed by atoms with Crippen LogP contribution in [-0.4, -0.2) is 37.0 Å². The maximum atomic E-state index is 12.8. The first-order valence-corrected chi connectivity index (χ1v) is 12.2. The van der Waals surface area contributed by atoms with E-state index in [1.54, 1.807) is 0 Å². The Kier molecular flexibility index (Phi) is 8.26. The molecule has 4 heteroatoms. The van der Waals surface area contributed by atoms with Gasteiger partial charge in [-0.15, -0.1) is 0 Å². The van der Waals surface area contributed by atoms with Crippen molar-refractivity contribution in [3.63, 3.8) is 0 Å². The molecule has 0 bridgehead atoms. The average Bonchev–Trinajstić information content (AvgIpc) is 2.76. The van der Waals surface area contributed by atoms with Crippen molar-refractivity contribution < 1.29 is 4.79 Å². The molecule has 162 valence electrons. The van der Waals surface area contributed by atoms with Crippen molar-refractivity contribution in [3.8, 4) is 0 Å². The number of hydrogen-bond donors (Lipinski definition) is 0. The monoisotopic (exact) mass is 424 g/mol. The van der Waals surface area contributed by atoms with Gasteiger partial charge in [0, 0.05) is 41.9 Å². The molecular formula is C26H36N2OS. The van der Waals surface area contributed by atoms with E-state index < -0.39 is 0 Å². The van der Waals surface area contributed by atoms with Gasteiger partial charge in [0.1, 0.15) is 0 Å². The molecule has 0 spiro atoms. The van der Waals surface area contributed by atoms with E-state index in [1.165, 1.54) is 39.4 Å². The van der Waals surface area contributed by atoms with E-state index in [0.717, 1.165) is 39.0 Å². The van der Waals surface area contributed by atoms with Crippen LogP contribution in [0.4, 0.5) is 5.69 Å². The van der Waals surface area contributed by atoms with Crippen LogP contribution in [-0.2, 0) is 4.79 Å². The van der Waals surface area contributed by atoms with Crippen molar-refractivity contribution in [2.45, 2.75) is 63.2 Å². The van der Waals surface area contributed by atoms with Crippen LogP contribution in [0, 0.1) is 19.8 Å². The summed E-state index contributed by atoms with van der Waals surface area (Å²) >= 11 is 1.84. The fraction of sp³-hybridized carbons (Fsp3) is 0.500. The van der Waals surface area contributed by atoms with Gasteiger partial charge in [0.25, 0.3) is 0 Å². The molecule has 0 aliphatic carbocycles. The zero-order chi connectivity index (χ0) is 21.5. The number of nitrogens with zero attached hydrogens (tertiary/aromatic N) is 2. The summed E-state index contributed by atoms with van der Waals surface area (Å²) in [7, 11) is 0. The summed E-state index contributed by atoms with van der Waals surface area (Å²) in [6.07, 6.45) is 4.61. The van der Waals surface area contributed by atoms with Crippen molar-refractivity contribution in [1.29, 1.82) is 0 Å². The van der Waals surface area contributed by atoms with Crippen LogP contribution in [0.2, 0.25) is 0 Å². The highest BCUT2D eigenvalue weighted by atomic mass is 32.2. The van der Waals surface area contributed by atoms with E-state index in [0.29, 0.717) is 5.91 Å².